The molecule has 2 aliphatic heterocycles. The lowest BCUT2D eigenvalue weighted by Gasteiger charge is -2.31. The van der Waals surface area contributed by atoms with Crippen LogP contribution in [0.5, 0.6) is 5.75 Å². The highest BCUT2D eigenvalue weighted by molar-refractivity contribution is 6.30. The molecule has 28 heavy (non-hydrogen) atoms. The number of nitrogens with zero attached hydrogens (tertiary/aromatic N) is 1. The molecule has 4 nitrogen and oxygen atoms in total. The predicted octanol–water partition coefficient (Wildman–Crippen LogP) is 4.75. The van der Waals surface area contributed by atoms with Crippen molar-refractivity contribution < 1.29 is 14.3 Å². The van der Waals surface area contributed by atoms with Crippen LogP contribution in [-0.2, 0) is 15.3 Å². The molecule has 2 heterocycles. The van der Waals surface area contributed by atoms with E-state index in [2.05, 4.69) is 30.3 Å². The zero-order chi connectivity index (χ0) is 19.1. The lowest BCUT2D eigenvalue weighted by atomic mass is 9.97. The van der Waals surface area contributed by atoms with Crippen LogP contribution in [0, 0.1) is 0 Å². The van der Waals surface area contributed by atoms with Gasteiger partial charge in [-0.3, -0.25) is 4.79 Å². The van der Waals surface area contributed by atoms with E-state index in [-0.39, 0.29) is 12.0 Å². The Morgan fingerprint density at radius 2 is 1.86 bits per heavy atom. The fourth-order valence-corrected chi connectivity index (χ4v) is 4.37. The molecule has 0 unspecified atom stereocenters. The second-order valence-electron chi connectivity index (χ2n) is 7.36. The fourth-order valence-electron chi connectivity index (χ4n) is 4.24. The second kappa shape index (κ2) is 6.80. The van der Waals surface area contributed by atoms with Gasteiger partial charge in [0.15, 0.2) is 5.72 Å². The van der Waals surface area contributed by atoms with Crippen LogP contribution >= 0.6 is 11.6 Å². The lowest BCUT2D eigenvalue weighted by Crippen LogP contribution is -2.38. The van der Waals surface area contributed by atoms with Crippen LogP contribution < -0.4 is 4.74 Å². The average Bonchev–Trinajstić information content (AvgIpc) is 3.25. The van der Waals surface area contributed by atoms with E-state index in [9.17, 15) is 4.79 Å². The Bertz CT molecular complexity index is 1040. The summed E-state index contributed by atoms with van der Waals surface area (Å²) < 4.78 is 12.4. The van der Waals surface area contributed by atoms with Gasteiger partial charge in [0.1, 0.15) is 18.5 Å². The third kappa shape index (κ3) is 2.93. The Labute approximate surface area is 168 Å². The molecule has 1 amide bonds. The van der Waals surface area contributed by atoms with Crippen LogP contribution in [-0.4, -0.2) is 30.1 Å². The van der Waals surface area contributed by atoms with Crippen LogP contribution in [0.25, 0.3) is 10.8 Å². The van der Waals surface area contributed by atoms with E-state index in [1.54, 1.807) is 12.1 Å². The number of carbonyl (C=O) groups excluding carboxylic acids is 1. The van der Waals surface area contributed by atoms with Crippen molar-refractivity contribution in [3.8, 4) is 5.75 Å². The Kier molecular flexibility index (Phi) is 4.26. The third-order valence-corrected chi connectivity index (χ3v) is 5.86. The monoisotopic (exact) mass is 393 g/mol. The summed E-state index contributed by atoms with van der Waals surface area (Å²) in [6.45, 7) is 0.931. The van der Waals surface area contributed by atoms with Gasteiger partial charge in [0.2, 0.25) is 5.91 Å². The first-order chi connectivity index (χ1) is 13.6. The number of benzene rings is 3. The predicted molar refractivity (Wildman–Crippen MR) is 108 cm³/mol. The molecule has 2 atom stereocenters. The molecule has 2 saturated heterocycles. The van der Waals surface area contributed by atoms with E-state index in [4.69, 9.17) is 21.1 Å². The van der Waals surface area contributed by atoms with Crippen LogP contribution in [0.15, 0.2) is 66.7 Å². The average molecular weight is 394 g/mol. The van der Waals surface area contributed by atoms with Gasteiger partial charge < -0.3 is 14.4 Å². The molecule has 2 aliphatic rings. The summed E-state index contributed by atoms with van der Waals surface area (Å²) in [4.78, 5) is 14.4. The summed E-state index contributed by atoms with van der Waals surface area (Å²) in [5.41, 5.74) is 0.348. The van der Waals surface area contributed by atoms with Crippen molar-refractivity contribution in [2.45, 2.75) is 24.7 Å². The van der Waals surface area contributed by atoms with Gasteiger partial charge in [-0.05, 0) is 41.1 Å². The second-order valence-corrected chi connectivity index (χ2v) is 7.79. The fraction of sp³-hybridized carbons (Fsp3) is 0.261. The molecule has 3 aromatic rings. The van der Waals surface area contributed by atoms with Crippen molar-refractivity contribution in [1.29, 1.82) is 0 Å². The summed E-state index contributed by atoms with van der Waals surface area (Å²) in [5, 5.41) is 3.00. The molecule has 0 bridgehead atoms. The highest BCUT2D eigenvalue weighted by Gasteiger charge is 2.54. The minimum Gasteiger partial charge on any atom is -0.491 e. The highest BCUT2D eigenvalue weighted by atomic mass is 35.5. The topological polar surface area (TPSA) is 38.8 Å². The minimum atomic E-state index is -0.685. The first kappa shape index (κ1) is 17.5. The largest absolute Gasteiger partial charge is 0.491 e. The number of halogens is 1. The van der Waals surface area contributed by atoms with E-state index < -0.39 is 5.72 Å². The number of hydrogen-bond donors (Lipinski definition) is 0. The Hall–Kier alpha value is -2.56. The summed E-state index contributed by atoms with van der Waals surface area (Å²) in [7, 11) is 0. The number of ether oxygens (including phenoxy) is 2. The Morgan fingerprint density at radius 1 is 1.07 bits per heavy atom. The number of carbonyl (C=O) groups is 1. The molecular weight excluding hydrogens is 374 g/mol. The third-order valence-electron chi connectivity index (χ3n) is 5.61. The van der Waals surface area contributed by atoms with Gasteiger partial charge >= 0.3 is 0 Å². The number of hydrogen-bond acceptors (Lipinski definition) is 3. The molecule has 0 radical (unpaired) electrons. The molecule has 0 aliphatic carbocycles. The zero-order valence-electron chi connectivity index (χ0n) is 15.3. The molecule has 142 valence electrons. The van der Waals surface area contributed by atoms with Gasteiger partial charge in [0.25, 0.3) is 0 Å². The molecule has 0 aromatic heterocycles. The van der Waals surface area contributed by atoms with Crippen molar-refractivity contribution in [2.75, 3.05) is 13.2 Å². The minimum absolute atomic E-state index is 0.141. The molecular formula is C23H20ClNO3. The molecule has 5 rings (SSSR count). The van der Waals surface area contributed by atoms with Gasteiger partial charge in [-0.15, -0.1) is 0 Å². The van der Waals surface area contributed by atoms with Crippen LogP contribution in [0.2, 0.25) is 5.02 Å². The maximum absolute atomic E-state index is 12.5. The van der Waals surface area contributed by atoms with Gasteiger partial charge in [-0.2, -0.15) is 0 Å². The maximum Gasteiger partial charge on any atom is 0.225 e. The molecule has 3 aromatic carbocycles. The van der Waals surface area contributed by atoms with Crippen molar-refractivity contribution in [3.05, 3.63) is 77.3 Å². The van der Waals surface area contributed by atoms with Gasteiger partial charge in [0.05, 0.1) is 6.54 Å². The lowest BCUT2D eigenvalue weighted by molar-refractivity contribution is -0.140. The first-order valence-corrected chi connectivity index (χ1v) is 9.88. The molecule has 0 spiro atoms. The van der Waals surface area contributed by atoms with Gasteiger partial charge in [-0.25, -0.2) is 0 Å². The van der Waals surface area contributed by atoms with E-state index >= 15 is 0 Å². The molecule has 2 fully saturated rings. The summed E-state index contributed by atoms with van der Waals surface area (Å²) >= 11 is 5.92. The first-order valence-electron chi connectivity index (χ1n) is 9.50. The SMILES string of the molecule is O=C1CC[C@]2(c3ccc4ccccc4c3)O[C@@H](COc3ccc(Cl)cc3)CN12. The summed E-state index contributed by atoms with van der Waals surface area (Å²) in [5.74, 6) is 0.883. The quantitative estimate of drug-likeness (QED) is 0.642. The van der Waals surface area contributed by atoms with Crippen molar-refractivity contribution in [3.63, 3.8) is 0 Å². The molecule has 0 saturated carbocycles. The van der Waals surface area contributed by atoms with E-state index in [1.165, 1.54) is 5.39 Å². The molecule has 5 heteroatoms. The van der Waals surface area contributed by atoms with Crippen LogP contribution in [0.4, 0.5) is 0 Å². The number of amides is 1. The normalized spacial score (nSPS) is 24.0. The van der Waals surface area contributed by atoms with Gasteiger partial charge in [0, 0.05) is 23.4 Å². The summed E-state index contributed by atoms with van der Waals surface area (Å²) in [6, 6.07) is 21.8. The Morgan fingerprint density at radius 3 is 2.68 bits per heavy atom. The van der Waals surface area contributed by atoms with Crippen molar-refractivity contribution in [1.82, 2.24) is 4.90 Å². The smallest absolute Gasteiger partial charge is 0.225 e. The van der Waals surface area contributed by atoms with E-state index in [1.807, 2.05) is 29.2 Å². The zero-order valence-corrected chi connectivity index (χ0v) is 16.1. The van der Waals surface area contributed by atoms with Crippen LogP contribution in [0.1, 0.15) is 18.4 Å². The maximum atomic E-state index is 12.5. The number of rotatable bonds is 4. The van der Waals surface area contributed by atoms with E-state index in [0.717, 1.165) is 16.7 Å². The van der Waals surface area contributed by atoms with E-state index in [0.29, 0.717) is 31.0 Å². The van der Waals surface area contributed by atoms with Crippen molar-refractivity contribution in [2.24, 2.45) is 0 Å². The summed E-state index contributed by atoms with van der Waals surface area (Å²) in [6.07, 6.45) is 1.01. The van der Waals surface area contributed by atoms with Gasteiger partial charge in [-0.1, -0.05) is 48.0 Å². The standard InChI is InChI=1S/C23H20ClNO3/c24-19-7-9-20(10-8-19)27-15-21-14-25-22(26)11-12-23(25,28-21)18-6-5-16-3-1-2-4-17(16)13-18/h1-10,13,21H,11-12,14-15H2/t21-,23-/m1/s1. The van der Waals surface area contributed by atoms with Crippen LogP contribution in [0.3, 0.4) is 0 Å². The Balaban J connectivity index is 1.40. The molecule has 0 N–H and O–H groups in total. The number of fused-ring (bicyclic) bond motifs is 2. The highest BCUT2D eigenvalue weighted by Crippen LogP contribution is 2.46. The van der Waals surface area contributed by atoms with Crippen molar-refractivity contribution >= 4 is 28.3 Å².